The summed E-state index contributed by atoms with van der Waals surface area (Å²) in [5, 5.41) is 10.4. The van der Waals surface area contributed by atoms with Gasteiger partial charge in [0.1, 0.15) is 16.8 Å². The lowest BCUT2D eigenvalue weighted by atomic mass is 9.99. The van der Waals surface area contributed by atoms with Crippen molar-refractivity contribution in [2.75, 3.05) is 4.90 Å². The third-order valence-electron chi connectivity index (χ3n) is 4.13. The number of nitrogens with zero attached hydrogens (tertiary/aromatic N) is 3. The molecule has 2 atom stereocenters. The van der Waals surface area contributed by atoms with E-state index in [2.05, 4.69) is 14.9 Å². The van der Waals surface area contributed by atoms with Gasteiger partial charge in [-0.05, 0) is 39.5 Å². The molecule has 0 aliphatic carbocycles. The zero-order valence-electron chi connectivity index (χ0n) is 10.7. The van der Waals surface area contributed by atoms with Gasteiger partial charge in [-0.1, -0.05) is 11.6 Å². The minimum Gasteiger partial charge on any atom is -0.393 e. The maximum absolute atomic E-state index is 9.85. The summed E-state index contributed by atoms with van der Waals surface area (Å²) in [4.78, 5) is 11.1. The molecule has 4 nitrogen and oxygen atoms in total. The molecule has 1 N–H and O–H groups in total. The zero-order valence-corrected chi connectivity index (χ0v) is 11.5. The Balaban J connectivity index is 2.01. The molecule has 2 unspecified atom stereocenters. The normalized spacial score (nSPS) is 30.9. The summed E-state index contributed by atoms with van der Waals surface area (Å²) in [5.74, 6) is 1.68. The van der Waals surface area contributed by atoms with Crippen LogP contribution in [0.25, 0.3) is 0 Å². The number of aryl methyl sites for hydroxylation is 1. The van der Waals surface area contributed by atoms with Crippen LogP contribution in [0.5, 0.6) is 0 Å². The number of aromatic nitrogens is 2. The van der Waals surface area contributed by atoms with E-state index in [4.69, 9.17) is 11.6 Å². The Morgan fingerprint density at radius 1 is 1.17 bits per heavy atom. The maximum Gasteiger partial charge on any atom is 0.137 e. The minimum absolute atomic E-state index is 0.155. The van der Waals surface area contributed by atoms with E-state index in [1.54, 1.807) is 0 Å². The molecule has 18 heavy (non-hydrogen) atoms. The van der Waals surface area contributed by atoms with Gasteiger partial charge in [-0.15, -0.1) is 0 Å². The van der Waals surface area contributed by atoms with Gasteiger partial charge in [0.25, 0.3) is 0 Å². The summed E-state index contributed by atoms with van der Waals surface area (Å²) in [5.41, 5.74) is 0.954. The van der Waals surface area contributed by atoms with Crippen LogP contribution in [-0.2, 0) is 0 Å². The highest BCUT2D eigenvalue weighted by molar-refractivity contribution is 6.30. The van der Waals surface area contributed by atoms with Crippen LogP contribution in [-0.4, -0.2) is 33.3 Å². The Bertz CT molecular complexity index is 466. The Hall–Kier alpha value is -0.870. The van der Waals surface area contributed by atoms with E-state index >= 15 is 0 Å². The highest BCUT2D eigenvalue weighted by atomic mass is 35.5. The summed E-state index contributed by atoms with van der Waals surface area (Å²) < 4.78 is 0. The van der Waals surface area contributed by atoms with Crippen molar-refractivity contribution in [2.45, 2.75) is 57.7 Å². The Kier molecular flexibility index (Phi) is 2.94. The molecule has 0 aromatic carbocycles. The molecule has 0 spiro atoms. The van der Waals surface area contributed by atoms with Gasteiger partial charge in [0.15, 0.2) is 0 Å². The first-order valence-electron chi connectivity index (χ1n) is 6.53. The SMILES string of the molecule is Cc1nc(Cl)c(C)c(N2C3CCC2CC(O)C3)n1. The second-order valence-electron chi connectivity index (χ2n) is 5.43. The standard InChI is InChI=1S/C13H18ClN3O/c1-7-12(14)15-8(2)16-13(7)17-9-3-4-10(17)6-11(18)5-9/h9-11,18H,3-6H2,1-2H3. The van der Waals surface area contributed by atoms with Gasteiger partial charge in [0, 0.05) is 17.6 Å². The van der Waals surface area contributed by atoms with Crippen molar-refractivity contribution in [1.29, 1.82) is 0 Å². The average Bonchev–Trinajstić information content (AvgIpc) is 2.56. The molecule has 1 aromatic heterocycles. The lowest BCUT2D eigenvalue weighted by Gasteiger charge is -2.38. The molecule has 2 fully saturated rings. The molecule has 2 aliphatic heterocycles. The number of halogens is 1. The summed E-state index contributed by atoms with van der Waals surface area (Å²) >= 11 is 6.16. The van der Waals surface area contributed by atoms with E-state index in [0.717, 1.165) is 37.1 Å². The summed E-state index contributed by atoms with van der Waals surface area (Å²) in [6, 6.07) is 0.811. The van der Waals surface area contributed by atoms with Crippen molar-refractivity contribution in [2.24, 2.45) is 0 Å². The van der Waals surface area contributed by atoms with E-state index in [0.29, 0.717) is 23.1 Å². The highest BCUT2D eigenvalue weighted by Crippen LogP contribution is 2.40. The molecule has 2 saturated heterocycles. The second-order valence-corrected chi connectivity index (χ2v) is 5.79. The number of aliphatic hydroxyl groups is 1. The lowest BCUT2D eigenvalue weighted by molar-refractivity contribution is 0.126. The number of aliphatic hydroxyl groups excluding tert-OH is 1. The van der Waals surface area contributed by atoms with E-state index in [-0.39, 0.29) is 6.10 Å². The molecule has 0 amide bonds. The van der Waals surface area contributed by atoms with Crippen LogP contribution in [0.2, 0.25) is 5.15 Å². The van der Waals surface area contributed by atoms with Crippen LogP contribution < -0.4 is 4.90 Å². The third kappa shape index (κ3) is 1.88. The number of hydrogen-bond acceptors (Lipinski definition) is 4. The fourth-order valence-corrected chi connectivity index (χ4v) is 3.53. The smallest absolute Gasteiger partial charge is 0.137 e. The Labute approximate surface area is 112 Å². The highest BCUT2D eigenvalue weighted by Gasteiger charge is 2.41. The first kappa shape index (κ1) is 12.2. The quantitative estimate of drug-likeness (QED) is 0.793. The monoisotopic (exact) mass is 267 g/mol. The van der Waals surface area contributed by atoms with Crippen LogP contribution >= 0.6 is 11.6 Å². The van der Waals surface area contributed by atoms with Gasteiger partial charge in [-0.25, -0.2) is 9.97 Å². The molecule has 3 rings (SSSR count). The number of rotatable bonds is 1. The predicted octanol–water partition coefficient (Wildman–Crippen LogP) is 2.24. The number of anilines is 1. The zero-order chi connectivity index (χ0) is 12.9. The molecule has 5 heteroatoms. The van der Waals surface area contributed by atoms with Crippen molar-refractivity contribution >= 4 is 17.4 Å². The number of hydrogen-bond donors (Lipinski definition) is 1. The van der Waals surface area contributed by atoms with Crippen molar-refractivity contribution in [3.8, 4) is 0 Å². The van der Waals surface area contributed by atoms with E-state index in [1.807, 2.05) is 13.8 Å². The van der Waals surface area contributed by atoms with Crippen molar-refractivity contribution in [1.82, 2.24) is 9.97 Å². The van der Waals surface area contributed by atoms with Crippen LogP contribution in [0.4, 0.5) is 5.82 Å². The largest absolute Gasteiger partial charge is 0.393 e. The second kappa shape index (κ2) is 4.35. The fourth-order valence-electron chi connectivity index (χ4n) is 3.33. The Morgan fingerprint density at radius 3 is 2.39 bits per heavy atom. The van der Waals surface area contributed by atoms with E-state index < -0.39 is 0 Å². The van der Waals surface area contributed by atoms with Crippen molar-refractivity contribution < 1.29 is 5.11 Å². The van der Waals surface area contributed by atoms with Gasteiger partial charge in [0.2, 0.25) is 0 Å². The predicted molar refractivity (Wildman–Crippen MR) is 71.0 cm³/mol. The maximum atomic E-state index is 9.85. The average molecular weight is 268 g/mol. The van der Waals surface area contributed by atoms with Crippen LogP contribution in [0, 0.1) is 13.8 Å². The fraction of sp³-hybridized carbons (Fsp3) is 0.692. The molecule has 1 aromatic rings. The summed E-state index contributed by atoms with van der Waals surface area (Å²) in [7, 11) is 0. The minimum atomic E-state index is -0.155. The van der Waals surface area contributed by atoms with Gasteiger partial charge >= 0.3 is 0 Å². The first-order chi connectivity index (χ1) is 8.56. The van der Waals surface area contributed by atoms with E-state index in [9.17, 15) is 5.11 Å². The lowest BCUT2D eigenvalue weighted by Crippen LogP contribution is -2.45. The van der Waals surface area contributed by atoms with Crippen LogP contribution in [0.3, 0.4) is 0 Å². The number of piperidine rings is 1. The van der Waals surface area contributed by atoms with Crippen LogP contribution in [0.1, 0.15) is 37.1 Å². The van der Waals surface area contributed by atoms with Crippen LogP contribution in [0.15, 0.2) is 0 Å². The van der Waals surface area contributed by atoms with E-state index in [1.165, 1.54) is 0 Å². The van der Waals surface area contributed by atoms with Gasteiger partial charge in [-0.3, -0.25) is 0 Å². The molecule has 2 aliphatic rings. The summed E-state index contributed by atoms with van der Waals surface area (Å²) in [6.45, 7) is 3.84. The summed E-state index contributed by atoms with van der Waals surface area (Å²) in [6.07, 6.45) is 3.81. The molecule has 98 valence electrons. The molecule has 0 saturated carbocycles. The van der Waals surface area contributed by atoms with Gasteiger partial charge < -0.3 is 10.0 Å². The van der Waals surface area contributed by atoms with Crippen molar-refractivity contribution in [3.63, 3.8) is 0 Å². The van der Waals surface area contributed by atoms with Gasteiger partial charge in [0.05, 0.1) is 6.10 Å². The molecule has 3 heterocycles. The Morgan fingerprint density at radius 2 is 1.78 bits per heavy atom. The molecular formula is C13H18ClN3O. The topological polar surface area (TPSA) is 49.2 Å². The molecule has 0 radical (unpaired) electrons. The number of fused-ring (bicyclic) bond motifs is 2. The van der Waals surface area contributed by atoms with Crippen molar-refractivity contribution in [3.05, 3.63) is 16.5 Å². The first-order valence-corrected chi connectivity index (χ1v) is 6.91. The third-order valence-corrected chi connectivity index (χ3v) is 4.49. The van der Waals surface area contributed by atoms with Gasteiger partial charge in [-0.2, -0.15) is 0 Å². The molecular weight excluding hydrogens is 250 g/mol. The molecule has 2 bridgehead atoms.